The van der Waals surface area contributed by atoms with Gasteiger partial charge < -0.3 is 4.42 Å². The van der Waals surface area contributed by atoms with Crippen molar-refractivity contribution in [1.82, 2.24) is 19.9 Å². The van der Waals surface area contributed by atoms with E-state index in [-0.39, 0.29) is 0 Å². The van der Waals surface area contributed by atoms with Gasteiger partial charge in [0.1, 0.15) is 5.52 Å². The van der Waals surface area contributed by atoms with Gasteiger partial charge >= 0.3 is 0 Å². The lowest BCUT2D eigenvalue weighted by molar-refractivity contribution is 0.652. The van der Waals surface area contributed by atoms with Crippen LogP contribution < -0.4 is 0 Å². The zero-order chi connectivity index (χ0) is 15.2. The number of para-hydroxylation sites is 1. The summed E-state index contributed by atoms with van der Waals surface area (Å²) in [4.78, 5) is 18.0. The van der Waals surface area contributed by atoms with E-state index in [1.165, 1.54) is 0 Å². The van der Waals surface area contributed by atoms with Crippen molar-refractivity contribution in [2.75, 3.05) is 0 Å². The summed E-state index contributed by atoms with van der Waals surface area (Å²) in [6, 6.07) is 13.7. The van der Waals surface area contributed by atoms with Crippen LogP contribution in [0.4, 0.5) is 0 Å². The molecular formula is C18H10N4O. The second-order valence-electron chi connectivity index (χ2n) is 5.24. The lowest BCUT2D eigenvalue weighted by Crippen LogP contribution is -1.90. The second kappa shape index (κ2) is 4.58. The highest BCUT2D eigenvalue weighted by atomic mass is 16.3. The number of benzene rings is 1. The lowest BCUT2D eigenvalue weighted by atomic mass is 10.1. The monoisotopic (exact) mass is 298 g/mol. The number of nitrogens with zero attached hydrogens (tertiary/aromatic N) is 4. The third-order valence-corrected chi connectivity index (χ3v) is 3.85. The average molecular weight is 298 g/mol. The highest BCUT2D eigenvalue weighted by Crippen LogP contribution is 2.29. The van der Waals surface area contributed by atoms with Crippen LogP contribution in [-0.2, 0) is 0 Å². The Balaban J connectivity index is 1.84. The first-order chi connectivity index (χ1) is 11.4. The Morgan fingerprint density at radius 1 is 0.739 bits per heavy atom. The highest BCUT2D eigenvalue weighted by molar-refractivity contribution is 5.99. The Morgan fingerprint density at radius 3 is 2.52 bits per heavy atom. The molecule has 0 unspecified atom stereocenters. The van der Waals surface area contributed by atoms with Crippen molar-refractivity contribution in [3.8, 4) is 11.3 Å². The summed E-state index contributed by atoms with van der Waals surface area (Å²) < 4.78 is 5.68. The van der Waals surface area contributed by atoms with E-state index in [0.717, 1.165) is 27.7 Å². The molecule has 4 aromatic heterocycles. The Morgan fingerprint density at radius 2 is 1.57 bits per heavy atom. The molecule has 0 atom stereocenters. The quantitative estimate of drug-likeness (QED) is 0.468. The van der Waals surface area contributed by atoms with E-state index >= 15 is 0 Å². The Kier molecular flexibility index (Phi) is 2.43. The summed E-state index contributed by atoms with van der Waals surface area (Å²) in [6.07, 6.45) is 5.23. The number of rotatable bonds is 1. The Hall–Kier alpha value is -3.34. The van der Waals surface area contributed by atoms with Crippen molar-refractivity contribution in [1.29, 1.82) is 0 Å². The van der Waals surface area contributed by atoms with Gasteiger partial charge in [0.05, 0.1) is 17.4 Å². The van der Waals surface area contributed by atoms with Crippen LogP contribution >= 0.6 is 0 Å². The minimum Gasteiger partial charge on any atom is -0.435 e. The zero-order valence-corrected chi connectivity index (χ0v) is 12.0. The van der Waals surface area contributed by atoms with Gasteiger partial charge in [-0.25, -0.2) is 9.97 Å². The van der Waals surface area contributed by atoms with Gasteiger partial charge in [-0.05, 0) is 18.2 Å². The number of fused-ring (bicyclic) bond motifs is 4. The summed E-state index contributed by atoms with van der Waals surface area (Å²) in [7, 11) is 0. The molecule has 0 N–H and O–H groups in total. The summed E-state index contributed by atoms with van der Waals surface area (Å²) in [5.74, 6) is 0. The van der Waals surface area contributed by atoms with Crippen molar-refractivity contribution in [2.24, 2.45) is 0 Å². The standard InChI is InChI=1S/C18H10N4O/c1-4-11-5-2-8-19-15(11)12(6-1)13-10-21-18-17(22-13)16-14(23-18)7-3-9-20-16/h1-10H. The number of hydrogen-bond donors (Lipinski definition) is 0. The Bertz CT molecular complexity index is 1170. The third-order valence-electron chi connectivity index (χ3n) is 3.85. The molecule has 0 aliphatic rings. The van der Waals surface area contributed by atoms with Crippen molar-refractivity contribution in [3.63, 3.8) is 0 Å². The molecule has 0 bridgehead atoms. The summed E-state index contributed by atoms with van der Waals surface area (Å²) in [5, 5.41) is 1.07. The molecule has 0 saturated carbocycles. The minimum atomic E-state index is 0.496. The van der Waals surface area contributed by atoms with Crippen LogP contribution in [0.15, 0.2) is 65.5 Å². The molecule has 0 saturated heterocycles. The highest BCUT2D eigenvalue weighted by Gasteiger charge is 2.13. The van der Waals surface area contributed by atoms with E-state index in [0.29, 0.717) is 16.8 Å². The first-order valence-electron chi connectivity index (χ1n) is 7.24. The SMILES string of the molecule is c1cnc2c(-c3cnc4oc5cccnc5c4n3)cccc2c1. The van der Waals surface area contributed by atoms with Crippen LogP contribution in [0.1, 0.15) is 0 Å². The summed E-state index contributed by atoms with van der Waals surface area (Å²) >= 11 is 0. The number of aromatic nitrogens is 4. The van der Waals surface area contributed by atoms with Gasteiger partial charge in [0.2, 0.25) is 5.71 Å². The van der Waals surface area contributed by atoms with Gasteiger partial charge in [0.15, 0.2) is 11.1 Å². The molecule has 108 valence electrons. The summed E-state index contributed by atoms with van der Waals surface area (Å²) in [6.45, 7) is 0. The van der Waals surface area contributed by atoms with E-state index in [2.05, 4.69) is 15.0 Å². The third kappa shape index (κ3) is 1.80. The molecule has 0 amide bonds. The molecule has 0 aliphatic heterocycles. The lowest BCUT2D eigenvalue weighted by Gasteiger charge is -2.04. The molecule has 1 aromatic carbocycles. The van der Waals surface area contributed by atoms with E-state index in [9.17, 15) is 0 Å². The molecule has 23 heavy (non-hydrogen) atoms. The molecule has 5 rings (SSSR count). The zero-order valence-electron chi connectivity index (χ0n) is 12.0. The predicted octanol–water partition coefficient (Wildman–Crippen LogP) is 3.99. The van der Waals surface area contributed by atoms with Gasteiger partial charge in [-0.1, -0.05) is 24.3 Å². The molecule has 5 nitrogen and oxygen atoms in total. The topological polar surface area (TPSA) is 64.7 Å². The molecule has 5 heteroatoms. The van der Waals surface area contributed by atoms with E-state index in [4.69, 9.17) is 9.40 Å². The fraction of sp³-hybridized carbons (Fsp3) is 0. The first-order valence-corrected chi connectivity index (χ1v) is 7.24. The Labute approximate surface area is 130 Å². The molecule has 4 heterocycles. The number of hydrogen-bond acceptors (Lipinski definition) is 5. The molecule has 0 fully saturated rings. The maximum Gasteiger partial charge on any atom is 0.248 e. The van der Waals surface area contributed by atoms with Gasteiger partial charge in [-0.2, -0.15) is 0 Å². The van der Waals surface area contributed by atoms with Crippen molar-refractivity contribution >= 4 is 33.2 Å². The van der Waals surface area contributed by atoms with Crippen molar-refractivity contribution in [2.45, 2.75) is 0 Å². The van der Waals surface area contributed by atoms with Crippen LogP contribution in [0.5, 0.6) is 0 Å². The molecule has 0 spiro atoms. The predicted molar refractivity (Wildman–Crippen MR) is 87.8 cm³/mol. The largest absolute Gasteiger partial charge is 0.435 e. The number of furan rings is 1. The normalized spacial score (nSPS) is 11.5. The number of pyridine rings is 2. The van der Waals surface area contributed by atoms with E-state index in [1.807, 2.05) is 42.5 Å². The maximum absolute atomic E-state index is 5.68. The van der Waals surface area contributed by atoms with Crippen LogP contribution in [-0.4, -0.2) is 19.9 Å². The van der Waals surface area contributed by atoms with Gasteiger partial charge in [-0.3, -0.25) is 9.97 Å². The average Bonchev–Trinajstić information content (AvgIpc) is 2.99. The minimum absolute atomic E-state index is 0.496. The van der Waals surface area contributed by atoms with Crippen molar-refractivity contribution in [3.05, 3.63) is 61.1 Å². The van der Waals surface area contributed by atoms with Crippen molar-refractivity contribution < 1.29 is 4.42 Å². The fourth-order valence-corrected chi connectivity index (χ4v) is 2.80. The molecule has 0 radical (unpaired) electrons. The first kappa shape index (κ1) is 12.2. The van der Waals surface area contributed by atoms with Crippen LogP contribution in [0, 0.1) is 0 Å². The summed E-state index contributed by atoms with van der Waals surface area (Å²) in [5.41, 5.74) is 5.20. The molecular weight excluding hydrogens is 288 g/mol. The van der Waals surface area contributed by atoms with Crippen LogP contribution in [0.2, 0.25) is 0 Å². The van der Waals surface area contributed by atoms with Gasteiger partial charge in [0.25, 0.3) is 0 Å². The second-order valence-corrected chi connectivity index (χ2v) is 5.24. The smallest absolute Gasteiger partial charge is 0.248 e. The fourth-order valence-electron chi connectivity index (χ4n) is 2.80. The van der Waals surface area contributed by atoms with Gasteiger partial charge in [-0.15, -0.1) is 0 Å². The van der Waals surface area contributed by atoms with E-state index in [1.54, 1.807) is 18.6 Å². The molecule has 0 aliphatic carbocycles. The maximum atomic E-state index is 5.68. The van der Waals surface area contributed by atoms with Gasteiger partial charge in [0, 0.05) is 23.3 Å². The van der Waals surface area contributed by atoms with E-state index < -0.39 is 0 Å². The van der Waals surface area contributed by atoms with Crippen LogP contribution in [0.25, 0.3) is 44.5 Å². The molecule has 5 aromatic rings. The van der Waals surface area contributed by atoms with Crippen LogP contribution in [0.3, 0.4) is 0 Å².